The fraction of sp³-hybridized carbons (Fsp3) is 0.600. The molecular formula is C25H35N5O8S. The molecule has 0 radical (unpaired) electrons. The van der Waals surface area contributed by atoms with E-state index in [0.29, 0.717) is 69.7 Å². The highest BCUT2D eigenvalue weighted by molar-refractivity contribution is 7.87. The molecule has 1 aromatic rings. The monoisotopic (exact) mass is 565 g/mol. The van der Waals surface area contributed by atoms with E-state index in [1.54, 1.807) is 18.2 Å². The third-order valence-electron chi connectivity index (χ3n) is 7.03. The summed E-state index contributed by atoms with van der Waals surface area (Å²) in [6.45, 7) is 2.23. The molecule has 0 aromatic heterocycles. The highest BCUT2D eigenvalue weighted by atomic mass is 32.2. The van der Waals surface area contributed by atoms with Crippen LogP contribution in [0, 0.1) is 0 Å². The third kappa shape index (κ3) is 7.07. The summed E-state index contributed by atoms with van der Waals surface area (Å²) in [4.78, 5) is 50.7. The summed E-state index contributed by atoms with van der Waals surface area (Å²) in [6, 6.07) is 4.11. The molecule has 1 atom stereocenters. The zero-order valence-corrected chi connectivity index (χ0v) is 22.5. The van der Waals surface area contributed by atoms with Gasteiger partial charge >= 0.3 is 0 Å². The van der Waals surface area contributed by atoms with E-state index >= 15 is 0 Å². The summed E-state index contributed by atoms with van der Waals surface area (Å²) in [7, 11) is -3.53. The summed E-state index contributed by atoms with van der Waals surface area (Å²) >= 11 is 0. The summed E-state index contributed by atoms with van der Waals surface area (Å²) in [5, 5.41) is 2.19. The van der Waals surface area contributed by atoms with E-state index in [1.807, 2.05) is 0 Å². The van der Waals surface area contributed by atoms with Gasteiger partial charge in [0.15, 0.2) is 0 Å². The molecule has 1 unspecified atom stereocenters. The number of carbonyl (C=O) groups excluding carboxylic acids is 4. The number of imide groups is 2. The van der Waals surface area contributed by atoms with Gasteiger partial charge in [0.1, 0.15) is 6.04 Å². The van der Waals surface area contributed by atoms with E-state index < -0.39 is 39.9 Å². The van der Waals surface area contributed by atoms with E-state index in [0.717, 1.165) is 4.90 Å². The van der Waals surface area contributed by atoms with Crippen molar-refractivity contribution >= 4 is 33.8 Å². The molecule has 0 aliphatic carbocycles. The number of carbonyl (C=O) groups is 4. The minimum Gasteiger partial charge on any atom is -0.379 e. The minimum atomic E-state index is -3.53. The molecule has 13 nitrogen and oxygen atoms in total. The molecule has 1 aromatic carbocycles. The number of aryl methyl sites for hydroxylation is 1. The van der Waals surface area contributed by atoms with Crippen molar-refractivity contribution in [2.75, 3.05) is 46.1 Å². The Kier molecular flexibility index (Phi) is 9.80. The predicted octanol–water partition coefficient (Wildman–Crippen LogP) is -0.689. The molecule has 3 heterocycles. The minimum absolute atomic E-state index is 0.0512. The lowest BCUT2D eigenvalue weighted by atomic mass is 9.99. The average molecular weight is 566 g/mol. The molecule has 3 aliphatic heterocycles. The normalized spacial score (nSPS) is 20.9. The van der Waals surface area contributed by atoms with Crippen molar-refractivity contribution in [3.63, 3.8) is 0 Å². The lowest BCUT2D eigenvalue weighted by Gasteiger charge is -2.29. The maximum Gasteiger partial charge on any atom is 0.279 e. The molecule has 39 heavy (non-hydrogen) atoms. The van der Waals surface area contributed by atoms with Gasteiger partial charge in [-0.25, -0.2) is 0 Å². The molecule has 4 rings (SSSR count). The number of hydrogen-bond acceptors (Lipinski definition) is 9. The Morgan fingerprint density at radius 2 is 1.69 bits per heavy atom. The average Bonchev–Trinajstić information content (AvgIpc) is 3.15. The number of benzene rings is 1. The van der Waals surface area contributed by atoms with Crippen LogP contribution < -0.4 is 15.8 Å². The summed E-state index contributed by atoms with van der Waals surface area (Å²) < 4.78 is 39.5. The van der Waals surface area contributed by atoms with Gasteiger partial charge in [-0.3, -0.25) is 29.4 Å². The van der Waals surface area contributed by atoms with E-state index in [2.05, 4.69) is 10.0 Å². The third-order valence-corrected chi connectivity index (χ3v) is 8.64. The van der Waals surface area contributed by atoms with Gasteiger partial charge in [0.05, 0.1) is 30.9 Å². The van der Waals surface area contributed by atoms with Crippen molar-refractivity contribution in [1.82, 2.24) is 19.2 Å². The van der Waals surface area contributed by atoms with Crippen LogP contribution in [0.5, 0.6) is 0 Å². The van der Waals surface area contributed by atoms with Crippen molar-refractivity contribution in [2.45, 2.75) is 50.6 Å². The van der Waals surface area contributed by atoms with Gasteiger partial charge < -0.3 is 15.2 Å². The van der Waals surface area contributed by atoms with Crippen LogP contribution in [-0.2, 0) is 35.7 Å². The van der Waals surface area contributed by atoms with Crippen LogP contribution in [0.1, 0.15) is 58.4 Å². The molecule has 214 valence electrons. The van der Waals surface area contributed by atoms with Crippen LogP contribution in [0.3, 0.4) is 0 Å². The molecule has 4 amide bonds. The van der Waals surface area contributed by atoms with Crippen LogP contribution in [0.25, 0.3) is 0 Å². The van der Waals surface area contributed by atoms with Gasteiger partial charge in [-0.1, -0.05) is 12.1 Å². The summed E-state index contributed by atoms with van der Waals surface area (Å²) in [6.07, 6.45) is 2.57. The Labute approximate surface area is 227 Å². The molecule has 4 N–H and O–H groups in total. The zero-order chi connectivity index (χ0) is 28.0. The first-order valence-corrected chi connectivity index (χ1v) is 14.6. The number of ether oxygens (including phenoxy) is 2. The Morgan fingerprint density at radius 1 is 0.974 bits per heavy atom. The zero-order valence-electron chi connectivity index (χ0n) is 21.7. The molecule has 0 saturated carbocycles. The van der Waals surface area contributed by atoms with Crippen LogP contribution in [0.15, 0.2) is 18.2 Å². The largest absolute Gasteiger partial charge is 0.379 e. The Balaban J connectivity index is 1.14. The smallest absolute Gasteiger partial charge is 0.279 e. The maximum atomic E-state index is 13.1. The Morgan fingerprint density at radius 3 is 2.41 bits per heavy atom. The van der Waals surface area contributed by atoms with E-state index in [9.17, 15) is 27.6 Å². The van der Waals surface area contributed by atoms with Gasteiger partial charge in [-0.05, 0) is 43.7 Å². The summed E-state index contributed by atoms with van der Waals surface area (Å²) in [5.74, 6) is -2.10. The fourth-order valence-electron chi connectivity index (χ4n) is 4.93. The second kappa shape index (κ2) is 13.1. The lowest BCUT2D eigenvalue weighted by Crippen LogP contribution is -2.54. The van der Waals surface area contributed by atoms with Gasteiger partial charge in [0.2, 0.25) is 11.8 Å². The van der Waals surface area contributed by atoms with Crippen LogP contribution >= 0.6 is 0 Å². The van der Waals surface area contributed by atoms with Crippen molar-refractivity contribution in [2.24, 2.45) is 5.73 Å². The maximum absolute atomic E-state index is 13.1. The molecule has 14 heteroatoms. The molecule has 2 saturated heterocycles. The van der Waals surface area contributed by atoms with Crippen LogP contribution in [0.4, 0.5) is 0 Å². The quantitative estimate of drug-likeness (QED) is 0.206. The van der Waals surface area contributed by atoms with Gasteiger partial charge in [-0.2, -0.15) is 17.4 Å². The van der Waals surface area contributed by atoms with Gasteiger partial charge in [0, 0.05) is 38.7 Å². The van der Waals surface area contributed by atoms with Gasteiger partial charge in [0.25, 0.3) is 22.0 Å². The first-order valence-electron chi connectivity index (χ1n) is 13.2. The van der Waals surface area contributed by atoms with Gasteiger partial charge in [-0.15, -0.1) is 0 Å². The fourth-order valence-corrected chi connectivity index (χ4v) is 6.15. The van der Waals surface area contributed by atoms with E-state index in [1.165, 1.54) is 4.31 Å². The molecule has 0 bridgehead atoms. The van der Waals surface area contributed by atoms with Crippen molar-refractivity contribution in [1.29, 1.82) is 0 Å². The lowest BCUT2D eigenvalue weighted by molar-refractivity contribution is -0.136. The molecule has 0 spiro atoms. The number of hydrogen-bond donors (Lipinski definition) is 3. The molecule has 2 fully saturated rings. The second-order valence-electron chi connectivity index (χ2n) is 9.75. The second-order valence-corrected chi connectivity index (χ2v) is 11.5. The number of nitrogens with zero attached hydrogens (tertiary/aromatic N) is 2. The van der Waals surface area contributed by atoms with E-state index in [-0.39, 0.29) is 37.6 Å². The predicted molar refractivity (Wildman–Crippen MR) is 139 cm³/mol. The SMILES string of the molecule is NC1CCN(S(=O)(=O)NCCOCCOCCCc2cccc3c2C(=O)N(C2CCC(=O)NC2=O)C3=O)CC1. The van der Waals surface area contributed by atoms with Crippen molar-refractivity contribution in [3.05, 3.63) is 34.9 Å². The highest BCUT2D eigenvalue weighted by Crippen LogP contribution is 2.30. The Hall–Kier alpha value is -2.75. The number of fused-ring (bicyclic) bond motifs is 1. The number of piperidine rings is 2. The first kappa shape index (κ1) is 29.2. The number of rotatable bonds is 13. The molecular weight excluding hydrogens is 530 g/mol. The first-order chi connectivity index (χ1) is 18.7. The van der Waals surface area contributed by atoms with Crippen molar-refractivity contribution in [3.8, 4) is 0 Å². The Bertz CT molecular complexity index is 1200. The number of nitrogens with one attached hydrogen (secondary N) is 2. The number of amides is 4. The number of nitrogens with two attached hydrogens (primary N) is 1. The topological polar surface area (TPSA) is 177 Å². The molecule has 3 aliphatic rings. The van der Waals surface area contributed by atoms with Crippen LogP contribution in [0.2, 0.25) is 0 Å². The highest BCUT2D eigenvalue weighted by Gasteiger charge is 2.45. The van der Waals surface area contributed by atoms with Crippen LogP contribution in [-0.4, -0.2) is 99.4 Å². The van der Waals surface area contributed by atoms with Crippen molar-refractivity contribution < 1.29 is 37.1 Å². The summed E-state index contributed by atoms with van der Waals surface area (Å²) in [5.41, 5.74) is 7.07. The standard InChI is InChI=1S/C25H35N5O8S/c26-18-8-11-29(12-9-18)39(35,36)27-10-14-38-16-15-37-13-2-4-17-3-1-5-19-22(17)25(34)30(24(19)33)20-6-7-21(31)28-23(20)32/h1,3,5,18,20,27H,2,4,6-16,26H2,(H,28,31,32). The van der Waals surface area contributed by atoms with E-state index in [4.69, 9.17) is 15.2 Å².